The van der Waals surface area contributed by atoms with Crippen molar-refractivity contribution in [2.24, 2.45) is 5.73 Å². The molecule has 1 fully saturated rings. The number of thiazole rings is 1. The summed E-state index contributed by atoms with van der Waals surface area (Å²) in [4.78, 5) is 23.0. The molecule has 43 heavy (non-hydrogen) atoms. The van der Waals surface area contributed by atoms with E-state index < -0.39 is 35.4 Å². The summed E-state index contributed by atoms with van der Waals surface area (Å²) in [7, 11) is 0. The van der Waals surface area contributed by atoms with Crippen LogP contribution in [0.1, 0.15) is 54.2 Å². The number of carbonyl (C=O) groups excluding carboxylic acids is 1. The van der Waals surface area contributed by atoms with Gasteiger partial charge in [0.2, 0.25) is 0 Å². The Morgan fingerprint density at radius 3 is 2.74 bits per heavy atom. The Morgan fingerprint density at radius 1 is 1.33 bits per heavy atom. The molecule has 1 saturated heterocycles. The molecule has 14 heteroatoms. The van der Waals surface area contributed by atoms with E-state index >= 15 is 4.39 Å². The molecule has 0 aliphatic carbocycles. The molecule has 0 radical (unpaired) electrons. The second-order valence-corrected chi connectivity index (χ2v) is 11.3. The van der Waals surface area contributed by atoms with Crippen molar-refractivity contribution in [3.05, 3.63) is 87.8 Å². The van der Waals surface area contributed by atoms with Gasteiger partial charge in [0, 0.05) is 41.6 Å². The number of halogens is 3. The number of nitrogens with two attached hydrogens (primary N) is 1. The van der Waals surface area contributed by atoms with Gasteiger partial charge in [-0.25, -0.2) is 18.6 Å². The van der Waals surface area contributed by atoms with Crippen LogP contribution in [0.25, 0.3) is 11.3 Å². The van der Waals surface area contributed by atoms with Gasteiger partial charge in [-0.05, 0) is 48.7 Å². The third-order valence-corrected chi connectivity index (χ3v) is 8.49. The summed E-state index contributed by atoms with van der Waals surface area (Å²) in [5.41, 5.74) is 5.59. The van der Waals surface area contributed by atoms with Crippen LogP contribution in [0.3, 0.4) is 0 Å². The SMILES string of the molecule is CC(OC(=O)N1CC[C@H](N)C1)c1nc[n+](C[C@](O)(c2cc(F)ccc2F)[C@@H](C)c2nc(-c3ccc(C#N)cc3)cs2)[nH]1.[Cl-]. The Hall–Kier alpha value is -3.96. The largest absolute Gasteiger partial charge is 1.00 e. The predicted molar refractivity (Wildman–Crippen MR) is 149 cm³/mol. The van der Waals surface area contributed by atoms with Crippen molar-refractivity contribution in [3.8, 4) is 17.3 Å². The maximum atomic E-state index is 15.2. The molecule has 10 nitrogen and oxygen atoms in total. The molecule has 2 aromatic heterocycles. The Bertz CT molecular complexity index is 1630. The minimum atomic E-state index is -1.97. The van der Waals surface area contributed by atoms with Gasteiger partial charge in [-0.2, -0.15) is 15.0 Å². The summed E-state index contributed by atoms with van der Waals surface area (Å²) in [5, 5.41) is 26.5. The second-order valence-electron chi connectivity index (χ2n) is 10.4. The highest BCUT2D eigenvalue weighted by Crippen LogP contribution is 2.41. The first-order valence-electron chi connectivity index (χ1n) is 13.4. The van der Waals surface area contributed by atoms with Crippen molar-refractivity contribution in [1.29, 1.82) is 5.26 Å². The Morgan fingerprint density at radius 2 is 2.07 bits per heavy atom. The molecule has 1 aliphatic rings. The lowest BCUT2D eigenvalue weighted by Crippen LogP contribution is -3.00. The Kier molecular flexibility index (Phi) is 9.76. The van der Waals surface area contributed by atoms with Crippen LogP contribution in [0.2, 0.25) is 0 Å². The van der Waals surface area contributed by atoms with Crippen LogP contribution in [0, 0.1) is 23.0 Å². The molecule has 0 spiro atoms. The highest BCUT2D eigenvalue weighted by molar-refractivity contribution is 7.10. The molecule has 0 bridgehead atoms. The van der Waals surface area contributed by atoms with Crippen LogP contribution < -0.4 is 22.8 Å². The number of nitriles is 1. The van der Waals surface area contributed by atoms with Crippen molar-refractivity contribution in [2.45, 2.75) is 50.5 Å². The second kappa shape index (κ2) is 13.1. The van der Waals surface area contributed by atoms with E-state index in [1.165, 1.54) is 27.2 Å². The third-order valence-electron chi connectivity index (χ3n) is 7.46. The monoisotopic (exact) mass is 629 g/mol. The number of nitrogens with zero attached hydrogens (tertiary/aromatic N) is 5. The lowest BCUT2D eigenvalue weighted by Gasteiger charge is -2.32. The van der Waals surface area contributed by atoms with Crippen molar-refractivity contribution in [3.63, 3.8) is 0 Å². The Balaban J connectivity index is 0.00000423. The zero-order valence-electron chi connectivity index (χ0n) is 23.4. The van der Waals surface area contributed by atoms with Gasteiger partial charge in [0.25, 0.3) is 5.82 Å². The maximum absolute atomic E-state index is 15.2. The highest BCUT2D eigenvalue weighted by atomic mass is 35.5. The van der Waals surface area contributed by atoms with Crippen LogP contribution in [-0.4, -0.2) is 50.3 Å². The van der Waals surface area contributed by atoms with Gasteiger partial charge < -0.3 is 32.9 Å². The van der Waals surface area contributed by atoms with Gasteiger partial charge in [-0.15, -0.1) is 11.3 Å². The fraction of sp³-hybridized carbons (Fsp3) is 0.345. The quantitative estimate of drug-likeness (QED) is 0.246. The smallest absolute Gasteiger partial charge is 0.410 e. The summed E-state index contributed by atoms with van der Waals surface area (Å²) < 4.78 is 36.5. The number of hydrogen-bond donors (Lipinski definition) is 3. The number of benzene rings is 2. The maximum Gasteiger partial charge on any atom is 0.410 e. The number of carbonyl (C=O) groups is 1. The molecule has 1 amide bonds. The van der Waals surface area contributed by atoms with E-state index in [4.69, 9.17) is 15.7 Å². The van der Waals surface area contributed by atoms with E-state index in [1.807, 2.05) is 0 Å². The molecule has 1 unspecified atom stereocenters. The fourth-order valence-electron chi connectivity index (χ4n) is 4.93. The zero-order chi connectivity index (χ0) is 30.0. The van der Waals surface area contributed by atoms with Crippen LogP contribution in [-0.2, 0) is 16.9 Å². The summed E-state index contributed by atoms with van der Waals surface area (Å²) in [6, 6.07) is 11.8. The number of aromatic amines is 1. The van der Waals surface area contributed by atoms with E-state index in [9.17, 15) is 14.3 Å². The lowest BCUT2D eigenvalue weighted by atomic mass is 9.82. The first-order chi connectivity index (χ1) is 20.1. The summed E-state index contributed by atoms with van der Waals surface area (Å²) in [6.07, 6.45) is 0.837. The molecule has 5 rings (SSSR count). The van der Waals surface area contributed by atoms with Gasteiger partial charge in [0.1, 0.15) is 23.8 Å². The Labute approximate surface area is 257 Å². The lowest BCUT2D eigenvalue weighted by molar-refractivity contribution is -0.765. The summed E-state index contributed by atoms with van der Waals surface area (Å²) >= 11 is 1.28. The molecule has 4 N–H and O–H groups in total. The minimum absolute atomic E-state index is 0. The molecular weight excluding hydrogens is 600 g/mol. The van der Waals surface area contributed by atoms with Crippen molar-refractivity contribution in [1.82, 2.24) is 20.0 Å². The van der Waals surface area contributed by atoms with Gasteiger partial charge in [0.05, 0.1) is 22.3 Å². The van der Waals surface area contributed by atoms with E-state index in [1.54, 1.807) is 43.5 Å². The molecule has 0 saturated carbocycles. The first kappa shape index (κ1) is 32.0. The van der Waals surface area contributed by atoms with E-state index in [0.717, 1.165) is 23.8 Å². The number of H-pyrrole nitrogens is 1. The molecule has 2 aromatic carbocycles. The molecule has 3 heterocycles. The summed E-state index contributed by atoms with van der Waals surface area (Å²) in [5.74, 6) is -1.97. The van der Waals surface area contributed by atoms with Crippen molar-refractivity contribution < 1.29 is 40.5 Å². The first-order valence-corrected chi connectivity index (χ1v) is 14.2. The summed E-state index contributed by atoms with van der Waals surface area (Å²) in [6.45, 7) is 4.03. The van der Waals surface area contributed by atoms with E-state index in [2.05, 4.69) is 21.1 Å². The average molecular weight is 630 g/mol. The molecule has 4 aromatic rings. The van der Waals surface area contributed by atoms with Crippen LogP contribution in [0.5, 0.6) is 0 Å². The topological polar surface area (TPSA) is 145 Å². The minimum Gasteiger partial charge on any atom is -1.00 e. The van der Waals surface area contributed by atoms with E-state index in [0.29, 0.717) is 41.6 Å². The molecule has 1 aliphatic heterocycles. The highest BCUT2D eigenvalue weighted by Gasteiger charge is 2.44. The van der Waals surface area contributed by atoms with Gasteiger partial charge in [0.15, 0.2) is 6.10 Å². The number of aliphatic hydroxyl groups is 1. The van der Waals surface area contributed by atoms with Gasteiger partial charge >= 0.3 is 12.4 Å². The van der Waals surface area contributed by atoms with Gasteiger partial charge in [-0.3, -0.25) is 0 Å². The number of ether oxygens (including phenoxy) is 1. The third kappa shape index (κ3) is 6.83. The van der Waals surface area contributed by atoms with Crippen LogP contribution in [0.15, 0.2) is 54.2 Å². The fourth-order valence-corrected chi connectivity index (χ4v) is 5.90. The normalized spacial score (nSPS) is 17.4. The zero-order valence-corrected chi connectivity index (χ0v) is 24.9. The number of amides is 1. The van der Waals surface area contributed by atoms with Crippen LogP contribution in [0.4, 0.5) is 13.6 Å². The van der Waals surface area contributed by atoms with Crippen molar-refractivity contribution in [2.75, 3.05) is 13.1 Å². The molecular formula is C29H30ClF2N7O3S. The number of hydrogen-bond acceptors (Lipinski definition) is 8. The predicted octanol–water partition coefficient (Wildman–Crippen LogP) is 0.897. The standard InChI is InChI=1S/C29H29F2N7O3S.ClH/c1-17(27-35-25(14-42-27)20-5-3-19(12-32)4-6-20)29(40,23-11-21(30)7-8-24(23)31)15-38-16-34-26(36-38)18(2)41-28(39)37-10-9-22(33)13-37;/h3-8,11,14,16-18,22,40H,9-10,13,15,33H2,1-2H3;1H/t17-,18?,22-,29+;/m0./s1. The van der Waals surface area contributed by atoms with Crippen molar-refractivity contribution >= 4 is 17.4 Å². The van der Waals surface area contributed by atoms with E-state index in [-0.39, 0.29) is 30.6 Å². The molecule has 4 atom stereocenters. The average Bonchev–Trinajstić information content (AvgIpc) is 3.75. The van der Waals surface area contributed by atoms with Crippen LogP contribution >= 0.6 is 11.3 Å². The number of aromatic nitrogens is 4. The number of nitrogens with one attached hydrogen (secondary N) is 1. The molecule has 226 valence electrons. The number of rotatable bonds is 8. The number of likely N-dealkylation sites (tertiary alicyclic amines) is 1. The van der Waals surface area contributed by atoms with Gasteiger partial charge in [-0.1, -0.05) is 19.1 Å².